The number of aryl methyl sites for hydroxylation is 2. The average Bonchev–Trinajstić information content (AvgIpc) is 3.65. The summed E-state index contributed by atoms with van der Waals surface area (Å²) < 4.78 is 47.3. The number of aromatic nitrogens is 5. The van der Waals surface area contributed by atoms with Crippen molar-refractivity contribution in [3.05, 3.63) is 41.5 Å². The van der Waals surface area contributed by atoms with Crippen LogP contribution < -0.4 is 5.32 Å². The molecule has 8 nitrogen and oxygen atoms in total. The lowest BCUT2D eigenvalue weighted by atomic mass is 10.1. The van der Waals surface area contributed by atoms with Gasteiger partial charge in [0.25, 0.3) is 0 Å². The van der Waals surface area contributed by atoms with Gasteiger partial charge in [-0.15, -0.1) is 0 Å². The van der Waals surface area contributed by atoms with Crippen molar-refractivity contribution >= 4 is 17.0 Å². The number of fused-ring (bicyclic) bond motifs is 1. The first kappa shape index (κ1) is 23.9. The smallest absolute Gasteiger partial charge is 0.361 e. The Morgan fingerprint density at radius 3 is 2.62 bits per heavy atom. The van der Waals surface area contributed by atoms with Crippen LogP contribution in [0, 0.1) is 13.8 Å². The Kier molecular flexibility index (Phi) is 5.89. The quantitative estimate of drug-likeness (QED) is 0.353. The largest absolute Gasteiger partial charge is 0.419 e. The first-order valence-corrected chi connectivity index (χ1v) is 12.7. The first-order chi connectivity index (χ1) is 17.8. The van der Waals surface area contributed by atoms with Crippen molar-refractivity contribution < 1.29 is 17.7 Å². The summed E-state index contributed by atoms with van der Waals surface area (Å²) in [5.41, 5.74) is 1.84. The molecule has 0 radical (unpaired) electrons. The summed E-state index contributed by atoms with van der Waals surface area (Å²) >= 11 is 0. The van der Waals surface area contributed by atoms with Gasteiger partial charge >= 0.3 is 6.18 Å². The molecule has 0 aromatic carbocycles. The van der Waals surface area contributed by atoms with Gasteiger partial charge in [0.2, 0.25) is 5.95 Å². The van der Waals surface area contributed by atoms with Crippen molar-refractivity contribution in [3.8, 4) is 22.5 Å². The summed E-state index contributed by atoms with van der Waals surface area (Å²) in [5.74, 6) is 0.842. The molecule has 0 amide bonds. The zero-order valence-corrected chi connectivity index (χ0v) is 20.7. The summed E-state index contributed by atoms with van der Waals surface area (Å²) in [5, 5.41) is 7.87. The summed E-state index contributed by atoms with van der Waals surface area (Å²) in [6.07, 6.45) is 3.29. The lowest BCUT2D eigenvalue weighted by Gasteiger charge is -2.29. The predicted octanol–water partition coefficient (Wildman–Crippen LogP) is 5.74. The Morgan fingerprint density at radius 2 is 1.89 bits per heavy atom. The second kappa shape index (κ2) is 9.13. The Bertz CT molecular complexity index is 1420. The van der Waals surface area contributed by atoms with E-state index in [9.17, 15) is 13.2 Å². The van der Waals surface area contributed by atoms with Crippen molar-refractivity contribution in [3.63, 3.8) is 0 Å². The topological polar surface area (TPSA) is 95.8 Å². The minimum atomic E-state index is -4.60. The van der Waals surface area contributed by atoms with Crippen molar-refractivity contribution in [1.29, 1.82) is 0 Å². The van der Waals surface area contributed by atoms with Crippen LogP contribution in [0.5, 0.6) is 0 Å². The fraction of sp³-hybridized carbons (Fsp3) is 0.462. The molecule has 0 spiro atoms. The fourth-order valence-electron chi connectivity index (χ4n) is 5.84. The maximum absolute atomic E-state index is 14.0. The molecule has 4 aromatic rings. The van der Waals surface area contributed by atoms with E-state index >= 15 is 0 Å². The standard InChI is InChI=1S/C26H28F3N7O/c1-14-22(15(2)37-35-14)20-9-8-16-17(12-30-24(16)32-20)23-18(26(27,28)29)13-31-25(34-23)33-19-6-5-7-21(19)36-10-3-4-11-36/h8-9,12-13,19,21H,3-7,10-11H2,1-2H3,(H,30,32)(H,31,33,34)/t19-,21-/m0/s1. The molecule has 2 atom stereocenters. The highest BCUT2D eigenvalue weighted by molar-refractivity contribution is 5.94. The summed E-state index contributed by atoms with van der Waals surface area (Å²) in [6, 6.07) is 3.99. The van der Waals surface area contributed by atoms with Crippen LogP contribution in [0.25, 0.3) is 33.5 Å². The van der Waals surface area contributed by atoms with E-state index in [4.69, 9.17) is 4.52 Å². The highest BCUT2D eigenvalue weighted by atomic mass is 19.4. The highest BCUT2D eigenvalue weighted by Crippen LogP contribution is 2.39. The number of H-pyrrole nitrogens is 1. The lowest BCUT2D eigenvalue weighted by Crippen LogP contribution is -2.42. The fourth-order valence-corrected chi connectivity index (χ4v) is 5.84. The van der Waals surface area contributed by atoms with Gasteiger partial charge in [-0.25, -0.2) is 15.0 Å². The van der Waals surface area contributed by atoms with Crippen LogP contribution in [0.15, 0.2) is 29.0 Å². The number of rotatable bonds is 5. The van der Waals surface area contributed by atoms with Crippen LogP contribution >= 0.6 is 0 Å². The molecule has 194 valence electrons. The number of halogens is 3. The van der Waals surface area contributed by atoms with Gasteiger partial charge in [0.15, 0.2) is 0 Å². The Morgan fingerprint density at radius 1 is 1.08 bits per heavy atom. The SMILES string of the molecule is Cc1noc(C)c1-c1ccc2c(-c3nc(N[C@H]4CCC[C@@H]4N4CCCC4)ncc3C(F)(F)F)c[nH]c2n1. The van der Waals surface area contributed by atoms with Gasteiger partial charge in [-0.2, -0.15) is 13.2 Å². The van der Waals surface area contributed by atoms with Crippen LogP contribution in [-0.4, -0.2) is 55.2 Å². The minimum Gasteiger partial charge on any atom is -0.361 e. The molecule has 1 aliphatic carbocycles. The van der Waals surface area contributed by atoms with Gasteiger partial charge in [0.1, 0.15) is 17.0 Å². The minimum absolute atomic E-state index is 0.116. The molecule has 2 N–H and O–H groups in total. The van der Waals surface area contributed by atoms with Gasteiger partial charge < -0.3 is 14.8 Å². The first-order valence-electron chi connectivity index (χ1n) is 12.7. The molecule has 0 unspecified atom stereocenters. The van der Waals surface area contributed by atoms with Crippen molar-refractivity contribution in [1.82, 2.24) is 30.0 Å². The van der Waals surface area contributed by atoms with E-state index in [0.29, 0.717) is 39.8 Å². The molecular formula is C26H28F3N7O. The average molecular weight is 512 g/mol. The number of hydrogen-bond acceptors (Lipinski definition) is 7. The van der Waals surface area contributed by atoms with Gasteiger partial charge in [0.05, 0.1) is 22.6 Å². The van der Waals surface area contributed by atoms with E-state index in [-0.39, 0.29) is 17.7 Å². The Balaban J connectivity index is 1.37. The van der Waals surface area contributed by atoms with Crippen molar-refractivity contribution in [2.75, 3.05) is 18.4 Å². The molecule has 4 aromatic heterocycles. The normalized spacial score (nSPS) is 20.8. The molecule has 2 aliphatic rings. The van der Waals surface area contributed by atoms with Crippen molar-refractivity contribution in [2.45, 2.75) is 64.2 Å². The van der Waals surface area contributed by atoms with E-state index in [1.165, 1.54) is 19.0 Å². The number of nitrogens with zero attached hydrogens (tertiary/aromatic N) is 5. The number of likely N-dealkylation sites (tertiary alicyclic amines) is 1. The Labute approximate surface area is 211 Å². The second-order valence-corrected chi connectivity index (χ2v) is 9.94. The number of alkyl halides is 3. The molecule has 37 heavy (non-hydrogen) atoms. The zero-order chi connectivity index (χ0) is 25.7. The van der Waals surface area contributed by atoms with Crippen LogP contribution in [0.1, 0.15) is 49.1 Å². The summed E-state index contributed by atoms with van der Waals surface area (Å²) in [6.45, 7) is 5.76. The number of pyridine rings is 1. The second-order valence-electron chi connectivity index (χ2n) is 9.94. The molecule has 6 rings (SSSR count). The summed E-state index contributed by atoms with van der Waals surface area (Å²) in [4.78, 5) is 18.7. The molecule has 5 heterocycles. The predicted molar refractivity (Wildman–Crippen MR) is 133 cm³/mol. The van der Waals surface area contributed by atoms with Gasteiger partial charge in [-0.1, -0.05) is 5.16 Å². The Hall–Kier alpha value is -3.47. The van der Waals surface area contributed by atoms with Gasteiger partial charge in [-0.05, 0) is 71.2 Å². The molecule has 1 saturated heterocycles. The van der Waals surface area contributed by atoms with E-state index in [1.54, 1.807) is 19.1 Å². The molecular weight excluding hydrogens is 483 g/mol. The number of anilines is 1. The monoisotopic (exact) mass is 511 g/mol. The van der Waals surface area contributed by atoms with Crippen LogP contribution in [0.4, 0.5) is 19.1 Å². The zero-order valence-electron chi connectivity index (χ0n) is 20.7. The lowest BCUT2D eigenvalue weighted by molar-refractivity contribution is -0.137. The third-order valence-electron chi connectivity index (χ3n) is 7.58. The molecule has 11 heteroatoms. The highest BCUT2D eigenvalue weighted by Gasteiger charge is 2.37. The van der Waals surface area contributed by atoms with E-state index in [2.05, 4.69) is 35.3 Å². The maximum atomic E-state index is 14.0. The number of hydrogen-bond donors (Lipinski definition) is 2. The van der Waals surface area contributed by atoms with E-state index in [1.807, 2.05) is 6.92 Å². The number of nitrogens with one attached hydrogen (secondary N) is 2. The van der Waals surface area contributed by atoms with Gasteiger partial charge in [-0.3, -0.25) is 4.90 Å². The number of aromatic amines is 1. The van der Waals surface area contributed by atoms with Gasteiger partial charge in [0, 0.05) is 35.4 Å². The molecule has 2 fully saturated rings. The van der Waals surface area contributed by atoms with Crippen LogP contribution in [0.3, 0.4) is 0 Å². The van der Waals surface area contributed by atoms with E-state index in [0.717, 1.165) is 44.1 Å². The van der Waals surface area contributed by atoms with Crippen LogP contribution in [-0.2, 0) is 6.18 Å². The summed E-state index contributed by atoms with van der Waals surface area (Å²) in [7, 11) is 0. The molecule has 1 aliphatic heterocycles. The van der Waals surface area contributed by atoms with Crippen molar-refractivity contribution in [2.24, 2.45) is 0 Å². The molecule has 0 bridgehead atoms. The third kappa shape index (κ3) is 4.35. The third-order valence-corrected chi connectivity index (χ3v) is 7.58. The van der Waals surface area contributed by atoms with Crippen LogP contribution in [0.2, 0.25) is 0 Å². The molecule has 1 saturated carbocycles. The van der Waals surface area contributed by atoms with E-state index < -0.39 is 11.7 Å². The maximum Gasteiger partial charge on any atom is 0.419 e.